The summed E-state index contributed by atoms with van der Waals surface area (Å²) in [5.74, 6) is 0. The molecule has 0 aromatic carbocycles. The second-order valence-corrected chi connectivity index (χ2v) is 4.15. The summed E-state index contributed by atoms with van der Waals surface area (Å²) in [6.07, 6.45) is 1.16. The Labute approximate surface area is 64.9 Å². The molecule has 0 bridgehead atoms. The highest BCUT2D eigenvalue weighted by Crippen LogP contribution is 2.47. The Morgan fingerprint density at radius 2 is 2.50 bits per heavy atom. The average molecular weight is 153 g/mol. The fourth-order valence-electron chi connectivity index (χ4n) is 1.28. The smallest absolute Gasteiger partial charge is 0.0185 e. The maximum absolute atomic E-state index is 5.80. The second-order valence-electron chi connectivity index (χ2n) is 3.21. The van der Waals surface area contributed by atoms with Crippen LogP contribution in [0.1, 0.15) is 18.2 Å². The number of hydrogen-bond donors (Lipinski definition) is 1. The minimum Gasteiger partial charge on any atom is -0.327 e. The lowest BCUT2D eigenvalue weighted by Crippen LogP contribution is -2.12. The summed E-state index contributed by atoms with van der Waals surface area (Å²) in [4.78, 5) is 1.44. The van der Waals surface area contributed by atoms with E-state index in [-0.39, 0.29) is 0 Å². The van der Waals surface area contributed by atoms with Gasteiger partial charge in [0.05, 0.1) is 0 Å². The zero-order valence-corrected chi connectivity index (χ0v) is 6.82. The molecule has 0 radical (unpaired) electrons. The first-order valence-electron chi connectivity index (χ1n) is 3.53. The van der Waals surface area contributed by atoms with Crippen LogP contribution in [0.25, 0.3) is 0 Å². The van der Waals surface area contributed by atoms with E-state index in [1.54, 1.807) is 0 Å². The molecule has 1 saturated carbocycles. The Bertz CT molecular complexity index is 229. The van der Waals surface area contributed by atoms with Gasteiger partial charge in [0.1, 0.15) is 0 Å². The molecule has 0 aliphatic heterocycles. The van der Waals surface area contributed by atoms with Crippen molar-refractivity contribution < 1.29 is 0 Å². The van der Waals surface area contributed by atoms with Gasteiger partial charge in [0.15, 0.2) is 0 Å². The number of nitrogens with two attached hydrogens (primary N) is 1. The monoisotopic (exact) mass is 153 g/mol. The molecule has 1 aromatic heterocycles. The van der Waals surface area contributed by atoms with Gasteiger partial charge in [-0.1, -0.05) is 13.0 Å². The highest BCUT2D eigenvalue weighted by Gasteiger charge is 2.49. The largest absolute Gasteiger partial charge is 0.327 e. The molecule has 1 aromatic rings. The summed E-state index contributed by atoms with van der Waals surface area (Å²) in [5.41, 5.74) is 6.13. The van der Waals surface area contributed by atoms with E-state index in [2.05, 4.69) is 24.4 Å². The molecule has 0 amide bonds. The summed E-state index contributed by atoms with van der Waals surface area (Å²) in [6.45, 7) is 2.24. The fraction of sp³-hybridized carbons (Fsp3) is 0.500. The van der Waals surface area contributed by atoms with E-state index in [0.717, 1.165) is 6.42 Å². The van der Waals surface area contributed by atoms with Crippen molar-refractivity contribution in [3.05, 3.63) is 22.4 Å². The van der Waals surface area contributed by atoms with E-state index in [4.69, 9.17) is 5.73 Å². The highest BCUT2D eigenvalue weighted by molar-refractivity contribution is 7.10. The molecule has 10 heavy (non-hydrogen) atoms. The average Bonchev–Trinajstić information content (AvgIpc) is 2.35. The lowest BCUT2D eigenvalue weighted by molar-refractivity contribution is 0.758. The lowest BCUT2D eigenvalue weighted by atomic mass is 10.1. The van der Waals surface area contributed by atoms with Crippen molar-refractivity contribution >= 4 is 11.3 Å². The van der Waals surface area contributed by atoms with E-state index in [1.165, 1.54) is 4.88 Å². The van der Waals surface area contributed by atoms with E-state index >= 15 is 0 Å². The Balaban J connectivity index is 2.30. The minimum atomic E-state index is 0.328. The van der Waals surface area contributed by atoms with Gasteiger partial charge in [0.2, 0.25) is 0 Å². The molecule has 1 nitrogen and oxygen atoms in total. The van der Waals surface area contributed by atoms with Crippen molar-refractivity contribution in [1.29, 1.82) is 0 Å². The third-order valence-electron chi connectivity index (χ3n) is 2.39. The molecule has 2 N–H and O–H groups in total. The molecule has 0 saturated heterocycles. The van der Waals surface area contributed by atoms with Crippen LogP contribution >= 0.6 is 11.3 Å². The van der Waals surface area contributed by atoms with Crippen molar-refractivity contribution in [3.8, 4) is 0 Å². The van der Waals surface area contributed by atoms with Crippen molar-refractivity contribution in [2.45, 2.75) is 24.8 Å². The maximum Gasteiger partial charge on any atom is 0.0185 e. The molecule has 2 heteroatoms. The van der Waals surface area contributed by atoms with Gasteiger partial charge in [0.25, 0.3) is 0 Å². The second kappa shape index (κ2) is 1.83. The van der Waals surface area contributed by atoms with Crippen LogP contribution < -0.4 is 5.73 Å². The van der Waals surface area contributed by atoms with Crippen LogP contribution in [0.3, 0.4) is 0 Å². The summed E-state index contributed by atoms with van der Waals surface area (Å²) < 4.78 is 0. The van der Waals surface area contributed by atoms with E-state index in [9.17, 15) is 0 Å². The van der Waals surface area contributed by atoms with E-state index < -0.39 is 0 Å². The van der Waals surface area contributed by atoms with Gasteiger partial charge in [0, 0.05) is 16.3 Å². The zero-order valence-electron chi connectivity index (χ0n) is 6.00. The van der Waals surface area contributed by atoms with Crippen LogP contribution in [0.5, 0.6) is 0 Å². The van der Waals surface area contributed by atoms with Crippen LogP contribution in [0, 0.1) is 0 Å². The maximum atomic E-state index is 5.80. The van der Waals surface area contributed by atoms with Crippen molar-refractivity contribution in [3.63, 3.8) is 0 Å². The number of thiophene rings is 1. The van der Waals surface area contributed by atoms with Crippen molar-refractivity contribution in [2.24, 2.45) is 5.73 Å². The third kappa shape index (κ3) is 0.724. The molecular weight excluding hydrogens is 142 g/mol. The summed E-state index contributed by atoms with van der Waals surface area (Å²) in [7, 11) is 0. The Morgan fingerprint density at radius 1 is 1.80 bits per heavy atom. The minimum absolute atomic E-state index is 0.328. The van der Waals surface area contributed by atoms with Crippen LogP contribution in [0.2, 0.25) is 0 Å². The lowest BCUT2D eigenvalue weighted by Gasteiger charge is -2.03. The molecule has 1 heterocycles. The predicted octanol–water partition coefficient (Wildman–Crippen LogP) is 1.74. The van der Waals surface area contributed by atoms with Gasteiger partial charge in [-0.3, -0.25) is 0 Å². The van der Waals surface area contributed by atoms with Gasteiger partial charge < -0.3 is 5.73 Å². The van der Waals surface area contributed by atoms with Crippen molar-refractivity contribution in [1.82, 2.24) is 0 Å². The van der Waals surface area contributed by atoms with Crippen molar-refractivity contribution in [2.75, 3.05) is 0 Å². The Hall–Kier alpha value is -0.340. The Morgan fingerprint density at radius 3 is 2.90 bits per heavy atom. The first-order chi connectivity index (χ1) is 4.73. The molecule has 1 fully saturated rings. The van der Waals surface area contributed by atoms with Gasteiger partial charge >= 0.3 is 0 Å². The molecular formula is C8H11NS. The first-order valence-corrected chi connectivity index (χ1v) is 4.41. The first kappa shape index (κ1) is 6.38. The SMILES string of the molecule is CC1(c2cccs2)CC1N. The van der Waals surface area contributed by atoms with Gasteiger partial charge in [-0.15, -0.1) is 11.3 Å². The van der Waals surface area contributed by atoms with E-state index in [1.807, 2.05) is 11.3 Å². The molecule has 2 rings (SSSR count). The topological polar surface area (TPSA) is 26.0 Å². The standard InChI is InChI=1S/C8H11NS/c1-8(5-6(8)9)7-3-2-4-10-7/h2-4,6H,5,9H2,1H3. The molecule has 1 aliphatic carbocycles. The predicted molar refractivity (Wildman–Crippen MR) is 44.3 cm³/mol. The number of rotatable bonds is 1. The fourth-order valence-corrected chi connectivity index (χ4v) is 2.25. The van der Waals surface area contributed by atoms with Gasteiger partial charge in [-0.2, -0.15) is 0 Å². The van der Waals surface area contributed by atoms with Crippen LogP contribution in [0.15, 0.2) is 17.5 Å². The quantitative estimate of drug-likeness (QED) is 0.653. The number of hydrogen-bond acceptors (Lipinski definition) is 2. The molecule has 2 atom stereocenters. The summed E-state index contributed by atoms with van der Waals surface area (Å²) in [5, 5.41) is 2.12. The van der Waals surface area contributed by atoms with Crippen LogP contribution in [-0.2, 0) is 5.41 Å². The summed E-state index contributed by atoms with van der Waals surface area (Å²) in [6, 6.07) is 4.68. The van der Waals surface area contributed by atoms with Gasteiger partial charge in [-0.05, 0) is 17.9 Å². The van der Waals surface area contributed by atoms with Crippen LogP contribution in [0.4, 0.5) is 0 Å². The summed E-state index contributed by atoms with van der Waals surface area (Å²) >= 11 is 1.82. The normalized spacial score (nSPS) is 38.0. The van der Waals surface area contributed by atoms with Gasteiger partial charge in [-0.25, -0.2) is 0 Å². The highest BCUT2D eigenvalue weighted by atomic mass is 32.1. The molecule has 2 unspecified atom stereocenters. The van der Waals surface area contributed by atoms with E-state index in [0.29, 0.717) is 11.5 Å². The molecule has 0 spiro atoms. The molecule has 1 aliphatic rings. The molecule has 54 valence electrons. The Kier molecular flexibility index (Phi) is 1.17. The third-order valence-corrected chi connectivity index (χ3v) is 3.54. The zero-order chi connectivity index (χ0) is 7.19. The van der Waals surface area contributed by atoms with Crippen LogP contribution in [-0.4, -0.2) is 6.04 Å².